The molecule has 3 N–H and O–H groups in total. The van der Waals surface area contributed by atoms with Crippen LogP contribution in [0, 0.1) is 0 Å². The van der Waals surface area contributed by atoms with Gasteiger partial charge in [0.2, 0.25) is 0 Å². The molecule has 0 aliphatic rings. The first-order valence-electron chi connectivity index (χ1n) is 7.43. The average molecular weight is 338 g/mol. The van der Waals surface area contributed by atoms with Crippen LogP contribution in [0.5, 0.6) is 0 Å². The zero-order chi connectivity index (χ0) is 17.0. The highest BCUT2D eigenvalue weighted by Gasteiger charge is 2.23. The smallest absolute Gasteiger partial charge is 0.343 e. The SMILES string of the molecule is CCOC(=O)c1c(CC)nn(C[C@@H](O)c2ccc(Cl)cc2)c1N. The number of aromatic nitrogens is 2. The number of nitrogens with two attached hydrogens (primary N) is 1. The predicted molar refractivity (Wildman–Crippen MR) is 88.4 cm³/mol. The summed E-state index contributed by atoms with van der Waals surface area (Å²) in [5, 5.41) is 15.2. The number of hydrogen-bond acceptors (Lipinski definition) is 5. The van der Waals surface area contributed by atoms with Gasteiger partial charge in [-0.25, -0.2) is 9.48 Å². The fraction of sp³-hybridized carbons (Fsp3) is 0.375. The molecule has 0 spiro atoms. The number of aliphatic hydroxyl groups excluding tert-OH is 1. The number of aliphatic hydroxyl groups is 1. The van der Waals surface area contributed by atoms with Gasteiger partial charge in [0.15, 0.2) is 0 Å². The molecule has 1 heterocycles. The van der Waals surface area contributed by atoms with Gasteiger partial charge in [-0.1, -0.05) is 30.7 Å². The Balaban J connectivity index is 2.26. The van der Waals surface area contributed by atoms with E-state index in [9.17, 15) is 9.90 Å². The maximum atomic E-state index is 12.0. The number of benzene rings is 1. The highest BCUT2D eigenvalue weighted by molar-refractivity contribution is 6.30. The maximum Gasteiger partial charge on any atom is 0.343 e. The van der Waals surface area contributed by atoms with Gasteiger partial charge < -0.3 is 15.6 Å². The molecule has 6 nitrogen and oxygen atoms in total. The van der Waals surface area contributed by atoms with Crippen molar-refractivity contribution in [1.29, 1.82) is 0 Å². The molecule has 1 aromatic carbocycles. The molecule has 23 heavy (non-hydrogen) atoms. The third-order valence-electron chi connectivity index (χ3n) is 3.48. The number of ether oxygens (including phenoxy) is 1. The van der Waals surface area contributed by atoms with E-state index in [2.05, 4.69) is 5.10 Å². The van der Waals surface area contributed by atoms with E-state index < -0.39 is 12.1 Å². The predicted octanol–water partition coefficient (Wildman–Crippen LogP) is 2.59. The van der Waals surface area contributed by atoms with Gasteiger partial charge in [-0.15, -0.1) is 0 Å². The fourth-order valence-electron chi connectivity index (χ4n) is 2.29. The zero-order valence-corrected chi connectivity index (χ0v) is 13.9. The maximum absolute atomic E-state index is 12.0. The lowest BCUT2D eigenvalue weighted by molar-refractivity contribution is 0.0526. The molecule has 2 aromatic rings. The summed E-state index contributed by atoms with van der Waals surface area (Å²) in [5.41, 5.74) is 7.56. The van der Waals surface area contributed by atoms with E-state index in [0.29, 0.717) is 22.7 Å². The van der Waals surface area contributed by atoms with E-state index in [1.54, 1.807) is 31.2 Å². The quantitative estimate of drug-likeness (QED) is 0.791. The molecule has 0 aliphatic heterocycles. The Morgan fingerprint density at radius 3 is 2.61 bits per heavy atom. The largest absolute Gasteiger partial charge is 0.462 e. The van der Waals surface area contributed by atoms with E-state index >= 15 is 0 Å². The van der Waals surface area contributed by atoms with Crippen LogP contribution in [0.1, 0.15) is 41.6 Å². The van der Waals surface area contributed by atoms with E-state index in [4.69, 9.17) is 22.1 Å². The van der Waals surface area contributed by atoms with Crippen molar-refractivity contribution < 1.29 is 14.6 Å². The Bertz CT molecular complexity index is 683. The lowest BCUT2D eigenvalue weighted by Gasteiger charge is -2.12. The molecule has 124 valence electrons. The molecule has 7 heteroatoms. The first-order chi connectivity index (χ1) is 11.0. The number of rotatable bonds is 6. The van der Waals surface area contributed by atoms with Gasteiger partial charge in [0.1, 0.15) is 11.4 Å². The molecular formula is C16H20ClN3O3. The van der Waals surface area contributed by atoms with Crippen LogP contribution in [0.2, 0.25) is 5.02 Å². The summed E-state index contributed by atoms with van der Waals surface area (Å²) >= 11 is 5.84. The van der Waals surface area contributed by atoms with E-state index in [0.717, 1.165) is 0 Å². The molecule has 0 fully saturated rings. The van der Waals surface area contributed by atoms with Crippen molar-refractivity contribution in [1.82, 2.24) is 9.78 Å². The standard InChI is InChI=1S/C16H20ClN3O3/c1-3-12-14(16(22)23-4-2)15(18)20(19-12)9-13(21)10-5-7-11(17)8-6-10/h5-8,13,21H,3-4,9,18H2,1-2H3/t13-/m1/s1. The van der Waals surface area contributed by atoms with Gasteiger partial charge in [-0.05, 0) is 31.0 Å². The normalized spacial score (nSPS) is 12.2. The summed E-state index contributed by atoms with van der Waals surface area (Å²) in [7, 11) is 0. The fourth-order valence-corrected chi connectivity index (χ4v) is 2.42. The molecule has 1 atom stereocenters. The molecule has 0 unspecified atom stereocenters. The van der Waals surface area contributed by atoms with Gasteiger partial charge >= 0.3 is 5.97 Å². The molecule has 1 aromatic heterocycles. The number of nitrogens with zero attached hydrogens (tertiary/aromatic N) is 2. The zero-order valence-electron chi connectivity index (χ0n) is 13.1. The third-order valence-corrected chi connectivity index (χ3v) is 3.73. The minimum Gasteiger partial charge on any atom is -0.462 e. The van der Waals surface area contributed by atoms with Crippen molar-refractivity contribution >= 4 is 23.4 Å². The van der Waals surface area contributed by atoms with Crippen LogP contribution in [0.4, 0.5) is 5.82 Å². The molecule has 0 radical (unpaired) electrons. The van der Waals surface area contributed by atoms with E-state index in [-0.39, 0.29) is 24.5 Å². The number of halogens is 1. The Hall–Kier alpha value is -2.05. The van der Waals surface area contributed by atoms with Crippen molar-refractivity contribution in [2.24, 2.45) is 0 Å². The number of esters is 1. The number of anilines is 1. The van der Waals surface area contributed by atoms with Crippen LogP contribution >= 0.6 is 11.6 Å². The molecular weight excluding hydrogens is 318 g/mol. The molecule has 0 bridgehead atoms. The van der Waals surface area contributed by atoms with Crippen molar-refractivity contribution in [3.63, 3.8) is 0 Å². The lowest BCUT2D eigenvalue weighted by atomic mass is 10.1. The summed E-state index contributed by atoms with van der Waals surface area (Å²) in [6.07, 6.45) is -0.267. The Morgan fingerprint density at radius 2 is 2.04 bits per heavy atom. The van der Waals surface area contributed by atoms with Crippen LogP contribution in [0.15, 0.2) is 24.3 Å². The topological polar surface area (TPSA) is 90.4 Å². The minimum absolute atomic E-state index is 0.139. The summed E-state index contributed by atoms with van der Waals surface area (Å²) in [6, 6.07) is 6.88. The number of aryl methyl sites for hydroxylation is 1. The second kappa shape index (κ2) is 7.48. The van der Waals surface area contributed by atoms with Gasteiger partial charge in [-0.3, -0.25) is 0 Å². The second-order valence-corrected chi connectivity index (χ2v) is 5.47. The van der Waals surface area contributed by atoms with Crippen molar-refractivity contribution in [2.75, 3.05) is 12.3 Å². The second-order valence-electron chi connectivity index (χ2n) is 5.03. The van der Waals surface area contributed by atoms with Gasteiger partial charge in [0.05, 0.1) is 24.9 Å². The van der Waals surface area contributed by atoms with Crippen LogP contribution in [-0.2, 0) is 17.7 Å². The average Bonchev–Trinajstić information content (AvgIpc) is 2.84. The summed E-state index contributed by atoms with van der Waals surface area (Å²) in [4.78, 5) is 12.0. The molecule has 0 amide bonds. The number of carbonyl (C=O) groups excluding carboxylic acids is 1. The monoisotopic (exact) mass is 337 g/mol. The van der Waals surface area contributed by atoms with E-state index in [1.807, 2.05) is 6.92 Å². The molecule has 0 saturated carbocycles. The Kier molecular flexibility index (Phi) is 5.63. The van der Waals surface area contributed by atoms with Crippen LogP contribution < -0.4 is 5.73 Å². The Labute approximate surface area is 139 Å². The van der Waals surface area contributed by atoms with Gasteiger partial charge in [0.25, 0.3) is 0 Å². The Morgan fingerprint density at radius 1 is 1.39 bits per heavy atom. The van der Waals surface area contributed by atoms with Crippen molar-refractivity contribution in [2.45, 2.75) is 32.9 Å². The third kappa shape index (κ3) is 3.83. The highest BCUT2D eigenvalue weighted by Crippen LogP contribution is 2.23. The minimum atomic E-state index is -0.811. The number of carbonyl (C=O) groups is 1. The molecule has 2 rings (SSSR count). The van der Waals surface area contributed by atoms with Crippen molar-refractivity contribution in [3.05, 3.63) is 46.1 Å². The first kappa shape index (κ1) is 17.3. The van der Waals surface area contributed by atoms with Gasteiger partial charge in [-0.2, -0.15) is 5.10 Å². The summed E-state index contributed by atoms with van der Waals surface area (Å²) < 4.78 is 6.45. The number of hydrogen-bond donors (Lipinski definition) is 2. The molecule has 0 aliphatic carbocycles. The summed E-state index contributed by atoms with van der Waals surface area (Å²) in [5.74, 6) is -0.289. The van der Waals surface area contributed by atoms with Crippen LogP contribution in [0.3, 0.4) is 0 Å². The highest BCUT2D eigenvalue weighted by atomic mass is 35.5. The lowest BCUT2D eigenvalue weighted by Crippen LogP contribution is -2.14. The first-order valence-corrected chi connectivity index (χ1v) is 7.81. The summed E-state index contributed by atoms with van der Waals surface area (Å²) in [6.45, 7) is 4.01. The number of nitrogen functional groups attached to an aromatic ring is 1. The molecule has 0 saturated heterocycles. The van der Waals surface area contributed by atoms with Crippen LogP contribution in [-0.4, -0.2) is 27.5 Å². The van der Waals surface area contributed by atoms with Crippen molar-refractivity contribution in [3.8, 4) is 0 Å². The van der Waals surface area contributed by atoms with E-state index in [1.165, 1.54) is 4.68 Å². The van der Waals surface area contributed by atoms with Crippen LogP contribution in [0.25, 0.3) is 0 Å². The van der Waals surface area contributed by atoms with Gasteiger partial charge in [0, 0.05) is 5.02 Å².